The molecule has 0 aromatic heterocycles. The van der Waals surface area contributed by atoms with E-state index >= 15 is 0 Å². The summed E-state index contributed by atoms with van der Waals surface area (Å²) in [5, 5.41) is 0. The summed E-state index contributed by atoms with van der Waals surface area (Å²) < 4.78 is 21.2. The predicted octanol–water partition coefficient (Wildman–Crippen LogP) is 1.15. The molecule has 0 amide bonds. The maximum atomic E-state index is 12.1. The van der Waals surface area contributed by atoms with Gasteiger partial charge in [0.1, 0.15) is 18.8 Å². The molecule has 5 heteroatoms. The zero-order chi connectivity index (χ0) is 13.1. The Hall–Kier alpha value is -0.650. The van der Waals surface area contributed by atoms with Crippen molar-refractivity contribution < 1.29 is 23.7 Å². The van der Waals surface area contributed by atoms with Crippen molar-refractivity contribution in [3.05, 3.63) is 0 Å². The molecule has 108 valence electrons. The molecule has 2 saturated heterocycles. The van der Waals surface area contributed by atoms with Crippen molar-refractivity contribution in [3.63, 3.8) is 0 Å². The first-order valence-corrected chi connectivity index (χ1v) is 7.30. The van der Waals surface area contributed by atoms with Crippen LogP contribution in [0.5, 0.6) is 0 Å². The van der Waals surface area contributed by atoms with Crippen molar-refractivity contribution in [1.29, 1.82) is 0 Å². The van der Waals surface area contributed by atoms with Gasteiger partial charge in [-0.05, 0) is 18.8 Å². The van der Waals surface area contributed by atoms with E-state index in [9.17, 15) is 4.79 Å². The highest BCUT2D eigenvalue weighted by atomic mass is 16.6. The van der Waals surface area contributed by atoms with Crippen molar-refractivity contribution >= 4 is 5.97 Å². The third-order valence-corrected chi connectivity index (χ3v) is 4.06. The largest absolute Gasteiger partial charge is 0.463 e. The summed E-state index contributed by atoms with van der Waals surface area (Å²) in [6, 6.07) is 0. The molecule has 0 aromatic carbocycles. The van der Waals surface area contributed by atoms with Crippen molar-refractivity contribution in [3.8, 4) is 0 Å². The zero-order valence-electron chi connectivity index (χ0n) is 11.2. The molecule has 3 fully saturated rings. The molecule has 2 aliphatic heterocycles. The van der Waals surface area contributed by atoms with Gasteiger partial charge in [-0.1, -0.05) is 12.8 Å². The number of ether oxygens (including phenoxy) is 4. The highest BCUT2D eigenvalue weighted by Crippen LogP contribution is 2.31. The third kappa shape index (κ3) is 4.16. The van der Waals surface area contributed by atoms with Gasteiger partial charge in [0.15, 0.2) is 0 Å². The number of hydrogen-bond acceptors (Lipinski definition) is 5. The molecule has 2 heterocycles. The van der Waals surface area contributed by atoms with Crippen LogP contribution in [-0.2, 0) is 23.7 Å². The first-order valence-electron chi connectivity index (χ1n) is 7.30. The van der Waals surface area contributed by atoms with Gasteiger partial charge in [0, 0.05) is 0 Å². The van der Waals surface area contributed by atoms with Crippen LogP contribution in [0.1, 0.15) is 25.7 Å². The maximum absolute atomic E-state index is 12.1. The molecule has 3 aliphatic rings. The van der Waals surface area contributed by atoms with Crippen molar-refractivity contribution in [2.45, 2.75) is 37.9 Å². The highest BCUT2D eigenvalue weighted by molar-refractivity contribution is 5.73. The molecule has 4 atom stereocenters. The number of carbonyl (C=O) groups excluding carboxylic acids is 1. The fourth-order valence-electron chi connectivity index (χ4n) is 2.68. The number of carbonyl (C=O) groups is 1. The summed E-state index contributed by atoms with van der Waals surface area (Å²) in [6.45, 7) is 3.27. The van der Waals surface area contributed by atoms with E-state index in [1.165, 1.54) is 6.42 Å². The second-order valence-corrected chi connectivity index (χ2v) is 5.73. The fourth-order valence-corrected chi connectivity index (χ4v) is 2.68. The van der Waals surface area contributed by atoms with Gasteiger partial charge in [0.05, 0.1) is 32.3 Å². The maximum Gasteiger partial charge on any atom is 0.309 e. The minimum Gasteiger partial charge on any atom is -0.463 e. The van der Waals surface area contributed by atoms with Crippen LogP contribution in [0.15, 0.2) is 0 Å². The Kier molecular flexibility index (Phi) is 4.35. The van der Waals surface area contributed by atoms with E-state index in [-0.39, 0.29) is 18.0 Å². The topological polar surface area (TPSA) is 60.6 Å². The lowest BCUT2D eigenvalue weighted by Crippen LogP contribution is -2.32. The molecule has 4 unspecified atom stereocenters. The number of hydrogen-bond donors (Lipinski definition) is 0. The van der Waals surface area contributed by atoms with Crippen LogP contribution < -0.4 is 0 Å². The van der Waals surface area contributed by atoms with E-state index in [0.717, 1.165) is 32.5 Å². The molecule has 0 spiro atoms. The lowest BCUT2D eigenvalue weighted by Gasteiger charge is -2.29. The van der Waals surface area contributed by atoms with Crippen LogP contribution >= 0.6 is 0 Å². The minimum absolute atomic E-state index is 0.00706. The van der Waals surface area contributed by atoms with Crippen LogP contribution in [0.2, 0.25) is 0 Å². The molecule has 1 saturated carbocycles. The molecule has 3 rings (SSSR count). The van der Waals surface area contributed by atoms with Crippen LogP contribution in [-0.4, -0.2) is 51.2 Å². The van der Waals surface area contributed by atoms with Crippen LogP contribution in [0.3, 0.4) is 0 Å². The Morgan fingerprint density at radius 1 is 1.00 bits per heavy atom. The number of rotatable bonds is 7. The fraction of sp³-hybridized carbons (Fsp3) is 0.929. The van der Waals surface area contributed by atoms with Gasteiger partial charge in [-0.3, -0.25) is 4.79 Å². The van der Waals surface area contributed by atoms with E-state index < -0.39 is 0 Å². The van der Waals surface area contributed by atoms with Gasteiger partial charge >= 0.3 is 5.97 Å². The summed E-state index contributed by atoms with van der Waals surface area (Å²) >= 11 is 0. The molecule has 0 bridgehead atoms. The SMILES string of the molecule is O=C(OCC1CO1)C1CCCCC1COCC1CO1. The van der Waals surface area contributed by atoms with Crippen molar-refractivity contribution in [1.82, 2.24) is 0 Å². The predicted molar refractivity (Wildman–Crippen MR) is 66.7 cm³/mol. The van der Waals surface area contributed by atoms with Gasteiger partial charge in [0.2, 0.25) is 0 Å². The standard InChI is InChI=1S/C14H22O5/c15-14(19-9-12-8-18-12)13-4-2-1-3-10(13)5-16-6-11-7-17-11/h10-13H,1-9H2. The molecular formula is C14H22O5. The first kappa shape index (κ1) is 13.3. The summed E-state index contributed by atoms with van der Waals surface area (Å²) in [5.41, 5.74) is 0. The quantitative estimate of drug-likeness (QED) is 0.513. The Morgan fingerprint density at radius 2 is 1.68 bits per heavy atom. The average Bonchev–Trinajstić information content (AvgIpc) is 3.30. The Balaban J connectivity index is 1.42. The second kappa shape index (κ2) is 6.20. The summed E-state index contributed by atoms with van der Waals surface area (Å²) in [6.07, 6.45) is 4.73. The van der Waals surface area contributed by atoms with E-state index in [1.807, 2.05) is 0 Å². The first-order chi connectivity index (χ1) is 9.33. The smallest absolute Gasteiger partial charge is 0.309 e. The Labute approximate surface area is 113 Å². The summed E-state index contributed by atoms with van der Waals surface area (Å²) in [4.78, 5) is 12.1. The van der Waals surface area contributed by atoms with Gasteiger partial charge in [0.25, 0.3) is 0 Å². The number of epoxide rings is 2. The molecule has 0 N–H and O–H groups in total. The molecular weight excluding hydrogens is 248 g/mol. The van der Waals surface area contributed by atoms with E-state index in [0.29, 0.717) is 31.8 Å². The molecule has 5 nitrogen and oxygen atoms in total. The monoisotopic (exact) mass is 270 g/mol. The lowest BCUT2D eigenvalue weighted by molar-refractivity contribution is -0.153. The molecule has 0 radical (unpaired) electrons. The van der Waals surface area contributed by atoms with Gasteiger partial charge in [-0.25, -0.2) is 0 Å². The van der Waals surface area contributed by atoms with Gasteiger partial charge < -0.3 is 18.9 Å². The third-order valence-electron chi connectivity index (χ3n) is 4.06. The zero-order valence-corrected chi connectivity index (χ0v) is 11.2. The van der Waals surface area contributed by atoms with Crippen molar-refractivity contribution in [2.24, 2.45) is 11.8 Å². The van der Waals surface area contributed by atoms with E-state index in [4.69, 9.17) is 18.9 Å². The van der Waals surface area contributed by atoms with Crippen LogP contribution in [0.25, 0.3) is 0 Å². The van der Waals surface area contributed by atoms with Crippen LogP contribution in [0.4, 0.5) is 0 Å². The highest BCUT2D eigenvalue weighted by Gasteiger charge is 2.34. The Morgan fingerprint density at radius 3 is 2.42 bits per heavy atom. The molecule has 19 heavy (non-hydrogen) atoms. The van der Waals surface area contributed by atoms with Gasteiger partial charge in [-0.2, -0.15) is 0 Å². The molecule has 1 aliphatic carbocycles. The second-order valence-electron chi connectivity index (χ2n) is 5.73. The van der Waals surface area contributed by atoms with E-state index in [1.54, 1.807) is 0 Å². The number of esters is 1. The lowest BCUT2D eigenvalue weighted by atomic mass is 9.80. The van der Waals surface area contributed by atoms with Crippen molar-refractivity contribution in [2.75, 3.05) is 33.0 Å². The summed E-state index contributed by atoms with van der Waals surface area (Å²) in [7, 11) is 0. The average molecular weight is 270 g/mol. The van der Waals surface area contributed by atoms with Crippen LogP contribution in [0, 0.1) is 11.8 Å². The normalized spacial score (nSPS) is 36.8. The minimum atomic E-state index is -0.0635. The molecule has 0 aromatic rings. The Bertz CT molecular complexity index is 311. The summed E-state index contributed by atoms with van der Waals surface area (Å²) in [5.74, 6) is 0.249. The van der Waals surface area contributed by atoms with Gasteiger partial charge in [-0.15, -0.1) is 0 Å². The van der Waals surface area contributed by atoms with E-state index in [2.05, 4.69) is 0 Å².